The average molecular weight is 375 g/mol. The molecule has 1 N–H and O–H groups in total. The number of benzene rings is 2. The van der Waals surface area contributed by atoms with Crippen molar-refractivity contribution in [1.29, 1.82) is 0 Å². The van der Waals surface area contributed by atoms with Crippen molar-refractivity contribution in [1.82, 2.24) is 15.0 Å². The minimum atomic E-state index is -0.0534. The van der Waals surface area contributed by atoms with Gasteiger partial charge < -0.3 is 19.1 Å². The number of nitrogens with zero attached hydrogens (tertiary/aromatic N) is 2. The zero-order valence-corrected chi connectivity index (χ0v) is 15.8. The molecule has 0 saturated heterocycles. The van der Waals surface area contributed by atoms with Crippen LogP contribution >= 0.6 is 0 Å². The number of methoxy groups -OCH3 is 1. The molecule has 1 amide bonds. The van der Waals surface area contributed by atoms with Crippen molar-refractivity contribution in [2.24, 2.45) is 7.05 Å². The fraction of sp³-hybridized carbons (Fsp3) is 0.182. The van der Waals surface area contributed by atoms with Crippen LogP contribution in [0, 0.1) is 0 Å². The maximum absolute atomic E-state index is 12.4. The van der Waals surface area contributed by atoms with E-state index in [-0.39, 0.29) is 5.91 Å². The third kappa shape index (κ3) is 3.62. The highest BCUT2D eigenvalue weighted by Crippen LogP contribution is 2.24. The molecule has 4 rings (SSSR count). The second-order valence-corrected chi connectivity index (χ2v) is 6.65. The molecule has 2 aromatic carbocycles. The zero-order chi connectivity index (χ0) is 19.5. The monoisotopic (exact) mass is 375 g/mol. The van der Waals surface area contributed by atoms with Crippen LogP contribution < -0.4 is 10.1 Å². The van der Waals surface area contributed by atoms with E-state index in [1.54, 1.807) is 7.11 Å². The lowest BCUT2D eigenvalue weighted by Gasteiger charge is -2.02. The topological polar surface area (TPSA) is 69.3 Å². The number of nitrogens with one attached hydrogen (secondary N) is 1. The number of carbonyl (C=O) groups excluding carboxylic acids is 1. The summed E-state index contributed by atoms with van der Waals surface area (Å²) in [5.41, 5.74) is 3.67. The van der Waals surface area contributed by atoms with Crippen LogP contribution in [0.2, 0.25) is 0 Å². The third-order valence-corrected chi connectivity index (χ3v) is 4.71. The number of para-hydroxylation sites is 1. The molecule has 0 fully saturated rings. The van der Waals surface area contributed by atoms with Gasteiger partial charge in [-0.05, 0) is 23.8 Å². The van der Waals surface area contributed by atoms with E-state index in [9.17, 15) is 4.79 Å². The van der Waals surface area contributed by atoms with Gasteiger partial charge in [0.1, 0.15) is 11.4 Å². The molecule has 0 aliphatic heterocycles. The first-order valence-corrected chi connectivity index (χ1v) is 9.03. The van der Waals surface area contributed by atoms with Gasteiger partial charge in [-0.25, -0.2) is 0 Å². The Labute approximate surface area is 162 Å². The molecule has 6 nitrogen and oxygen atoms in total. The molecule has 0 aliphatic carbocycles. The number of carbonyl (C=O) groups is 1. The van der Waals surface area contributed by atoms with Crippen molar-refractivity contribution in [2.75, 3.05) is 7.11 Å². The van der Waals surface area contributed by atoms with E-state index in [1.807, 2.05) is 72.4 Å². The normalized spacial score (nSPS) is 10.9. The maximum atomic E-state index is 12.4. The number of hydrogen-bond donors (Lipinski definition) is 1. The minimum Gasteiger partial charge on any atom is -0.497 e. The summed E-state index contributed by atoms with van der Waals surface area (Å²) in [5, 5.41) is 8.06. The Morgan fingerprint density at radius 2 is 2.04 bits per heavy atom. The van der Waals surface area contributed by atoms with Crippen molar-refractivity contribution in [3.63, 3.8) is 0 Å². The van der Waals surface area contributed by atoms with Gasteiger partial charge in [0.05, 0.1) is 20.1 Å². The van der Waals surface area contributed by atoms with Crippen molar-refractivity contribution in [3.05, 3.63) is 72.1 Å². The Morgan fingerprint density at radius 1 is 1.18 bits per heavy atom. The summed E-state index contributed by atoms with van der Waals surface area (Å²) in [6, 6.07) is 17.5. The highest BCUT2D eigenvalue weighted by molar-refractivity contribution is 5.89. The van der Waals surface area contributed by atoms with Crippen molar-refractivity contribution >= 4 is 16.8 Å². The molecule has 0 aliphatic rings. The fourth-order valence-corrected chi connectivity index (χ4v) is 3.30. The molecule has 2 heterocycles. The highest BCUT2D eigenvalue weighted by atomic mass is 16.5. The van der Waals surface area contributed by atoms with E-state index in [4.69, 9.17) is 9.26 Å². The summed E-state index contributed by atoms with van der Waals surface area (Å²) in [6.07, 6.45) is 2.32. The minimum absolute atomic E-state index is 0.0534. The van der Waals surface area contributed by atoms with Crippen LogP contribution in [0.25, 0.3) is 22.2 Å². The van der Waals surface area contributed by atoms with Gasteiger partial charge in [0, 0.05) is 35.8 Å². The molecule has 0 radical (unpaired) electrons. The number of aryl methyl sites for hydroxylation is 1. The van der Waals surface area contributed by atoms with Crippen LogP contribution in [-0.2, 0) is 24.8 Å². The molecular weight excluding hydrogens is 354 g/mol. The maximum Gasteiger partial charge on any atom is 0.224 e. The smallest absolute Gasteiger partial charge is 0.224 e. The van der Waals surface area contributed by atoms with Crippen LogP contribution in [0.4, 0.5) is 0 Å². The summed E-state index contributed by atoms with van der Waals surface area (Å²) < 4.78 is 12.7. The lowest BCUT2D eigenvalue weighted by molar-refractivity contribution is -0.120. The summed E-state index contributed by atoms with van der Waals surface area (Å²) in [7, 11) is 3.61. The van der Waals surface area contributed by atoms with E-state index in [0.717, 1.165) is 27.8 Å². The third-order valence-electron chi connectivity index (χ3n) is 4.71. The Kier molecular flexibility index (Phi) is 4.85. The number of aromatic nitrogens is 2. The molecule has 0 atom stereocenters. The number of hydrogen-bond acceptors (Lipinski definition) is 4. The summed E-state index contributed by atoms with van der Waals surface area (Å²) in [6.45, 7) is 0.317. The van der Waals surface area contributed by atoms with Crippen LogP contribution in [0.1, 0.15) is 11.3 Å². The van der Waals surface area contributed by atoms with E-state index in [2.05, 4.69) is 10.5 Å². The number of ether oxygens (including phenoxy) is 1. The van der Waals surface area contributed by atoms with Crippen LogP contribution in [0.15, 0.2) is 65.3 Å². The van der Waals surface area contributed by atoms with E-state index in [0.29, 0.717) is 24.4 Å². The lowest BCUT2D eigenvalue weighted by Crippen LogP contribution is -2.24. The molecule has 4 aromatic rings. The number of rotatable bonds is 6. The van der Waals surface area contributed by atoms with Gasteiger partial charge in [-0.2, -0.15) is 0 Å². The number of amides is 1. The van der Waals surface area contributed by atoms with Gasteiger partial charge in [-0.3, -0.25) is 4.79 Å². The Bertz CT molecular complexity index is 1130. The van der Waals surface area contributed by atoms with Gasteiger partial charge >= 0.3 is 0 Å². The predicted octanol–water partition coefficient (Wildman–Crippen LogP) is 3.70. The first kappa shape index (κ1) is 17.9. The molecule has 0 unspecified atom stereocenters. The molecule has 6 heteroatoms. The molecule has 0 saturated carbocycles. The van der Waals surface area contributed by atoms with E-state index >= 15 is 0 Å². The van der Waals surface area contributed by atoms with Gasteiger partial charge in [0.15, 0.2) is 5.76 Å². The Hall–Kier alpha value is -3.54. The first-order valence-electron chi connectivity index (χ1n) is 9.03. The molecule has 2 aromatic heterocycles. The quantitative estimate of drug-likeness (QED) is 0.558. The Balaban J connectivity index is 1.40. The van der Waals surface area contributed by atoms with E-state index < -0.39 is 0 Å². The Morgan fingerprint density at radius 3 is 2.89 bits per heavy atom. The fourth-order valence-electron chi connectivity index (χ4n) is 3.30. The second kappa shape index (κ2) is 7.60. The molecule has 0 spiro atoms. The molecule has 0 bridgehead atoms. The standard InChI is InChI=1S/C22H21N3O3/c1-25-14-16(19-8-3-4-9-20(19)25)11-22(26)23-13-17-12-21(28-24-17)15-6-5-7-18(10-15)27-2/h3-10,12,14H,11,13H2,1-2H3,(H,23,26). The van der Waals surface area contributed by atoms with Crippen LogP contribution in [0.3, 0.4) is 0 Å². The zero-order valence-electron chi connectivity index (χ0n) is 15.8. The highest BCUT2D eigenvalue weighted by Gasteiger charge is 2.12. The van der Waals surface area contributed by atoms with Crippen LogP contribution in [-0.4, -0.2) is 22.7 Å². The van der Waals surface area contributed by atoms with Crippen molar-refractivity contribution < 1.29 is 14.1 Å². The van der Waals surface area contributed by atoms with Crippen LogP contribution in [0.5, 0.6) is 5.75 Å². The van der Waals surface area contributed by atoms with Gasteiger partial charge in [0.2, 0.25) is 5.91 Å². The summed E-state index contributed by atoms with van der Waals surface area (Å²) >= 11 is 0. The van der Waals surface area contributed by atoms with Gasteiger partial charge in [-0.15, -0.1) is 0 Å². The largest absolute Gasteiger partial charge is 0.497 e. The number of fused-ring (bicyclic) bond motifs is 1. The van der Waals surface area contributed by atoms with Crippen molar-refractivity contribution in [3.8, 4) is 17.1 Å². The second-order valence-electron chi connectivity index (χ2n) is 6.65. The molecule has 142 valence electrons. The first-order chi connectivity index (χ1) is 13.6. The molecule has 28 heavy (non-hydrogen) atoms. The van der Waals surface area contributed by atoms with Gasteiger partial charge in [-0.1, -0.05) is 35.5 Å². The van der Waals surface area contributed by atoms with E-state index in [1.165, 1.54) is 0 Å². The summed E-state index contributed by atoms with van der Waals surface area (Å²) in [5.74, 6) is 1.33. The lowest BCUT2D eigenvalue weighted by atomic mass is 10.1. The SMILES string of the molecule is COc1cccc(-c2cc(CNC(=O)Cc3cn(C)c4ccccc34)no2)c1. The van der Waals surface area contributed by atoms with Gasteiger partial charge in [0.25, 0.3) is 0 Å². The molecular formula is C22H21N3O3. The average Bonchev–Trinajstić information content (AvgIpc) is 3.32. The summed E-state index contributed by atoms with van der Waals surface area (Å²) in [4.78, 5) is 12.4. The predicted molar refractivity (Wildman–Crippen MR) is 107 cm³/mol. The van der Waals surface area contributed by atoms with Crippen molar-refractivity contribution in [2.45, 2.75) is 13.0 Å².